The van der Waals surface area contributed by atoms with Crippen molar-refractivity contribution in [3.63, 3.8) is 0 Å². The average molecular weight is 170 g/mol. The normalized spacial score (nSPS) is 41.1. The van der Waals surface area contributed by atoms with Crippen molar-refractivity contribution in [3.8, 4) is 0 Å². The molecule has 4 nitrogen and oxygen atoms in total. The lowest BCUT2D eigenvalue weighted by Gasteiger charge is -2.28. The highest BCUT2D eigenvalue weighted by atomic mass is 16.5. The molecule has 0 aromatic heterocycles. The molecular formula is C8H14N2O2. The predicted octanol–water partition coefficient (Wildman–Crippen LogP) is 0.127. The summed E-state index contributed by atoms with van der Waals surface area (Å²) in [5, 5.41) is 0. The molecule has 0 spiro atoms. The third-order valence-corrected chi connectivity index (χ3v) is 2.68. The summed E-state index contributed by atoms with van der Waals surface area (Å²) in [5.74, 6) is 0.447. The van der Waals surface area contributed by atoms with Crippen LogP contribution >= 0.6 is 0 Å². The summed E-state index contributed by atoms with van der Waals surface area (Å²) in [7, 11) is 0. The molecule has 2 aliphatic heterocycles. The summed E-state index contributed by atoms with van der Waals surface area (Å²) < 4.78 is 10.8. The Morgan fingerprint density at radius 3 is 3.00 bits per heavy atom. The highest BCUT2D eigenvalue weighted by Gasteiger charge is 2.42. The van der Waals surface area contributed by atoms with Crippen LogP contribution in [0.15, 0.2) is 4.99 Å². The molecule has 2 N–H and O–H groups in total. The van der Waals surface area contributed by atoms with Crippen molar-refractivity contribution >= 4 is 6.02 Å². The number of hydrogen-bond acceptors (Lipinski definition) is 4. The van der Waals surface area contributed by atoms with E-state index in [1.54, 1.807) is 0 Å². The number of nitrogens with two attached hydrogens (primary N) is 1. The second-order valence-electron chi connectivity index (χ2n) is 3.63. The summed E-state index contributed by atoms with van der Waals surface area (Å²) in [6, 6.07) is 0.324. The van der Waals surface area contributed by atoms with Crippen LogP contribution in [0.5, 0.6) is 0 Å². The molecule has 68 valence electrons. The maximum absolute atomic E-state index is 5.48. The molecule has 0 aliphatic carbocycles. The fraction of sp³-hybridized carbons (Fsp3) is 0.875. The van der Waals surface area contributed by atoms with E-state index >= 15 is 0 Å². The highest BCUT2D eigenvalue weighted by Crippen LogP contribution is 2.31. The third kappa shape index (κ3) is 1.16. The van der Waals surface area contributed by atoms with E-state index in [0.29, 0.717) is 18.5 Å². The van der Waals surface area contributed by atoms with Gasteiger partial charge >= 0.3 is 0 Å². The Morgan fingerprint density at radius 2 is 2.50 bits per heavy atom. The molecule has 2 rings (SSSR count). The van der Waals surface area contributed by atoms with Crippen molar-refractivity contribution in [2.45, 2.75) is 18.9 Å². The van der Waals surface area contributed by atoms with Crippen LogP contribution in [0.4, 0.5) is 0 Å². The first-order chi connectivity index (χ1) is 5.71. The number of rotatable bonds is 1. The van der Waals surface area contributed by atoms with E-state index in [1.807, 2.05) is 0 Å². The van der Waals surface area contributed by atoms with Gasteiger partial charge in [0.15, 0.2) is 0 Å². The first-order valence-corrected chi connectivity index (χ1v) is 4.27. The zero-order valence-electron chi connectivity index (χ0n) is 7.25. The van der Waals surface area contributed by atoms with Crippen LogP contribution in [0.25, 0.3) is 0 Å². The van der Waals surface area contributed by atoms with Gasteiger partial charge in [-0.2, -0.15) is 0 Å². The largest absolute Gasteiger partial charge is 0.457 e. The molecular weight excluding hydrogens is 156 g/mol. The van der Waals surface area contributed by atoms with E-state index < -0.39 is 0 Å². The quantitative estimate of drug-likeness (QED) is 0.608. The first-order valence-electron chi connectivity index (χ1n) is 4.27. The van der Waals surface area contributed by atoms with E-state index in [4.69, 9.17) is 15.2 Å². The van der Waals surface area contributed by atoms with Gasteiger partial charge in [-0.1, -0.05) is 0 Å². The molecule has 2 unspecified atom stereocenters. The molecule has 0 radical (unpaired) electrons. The van der Waals surface area contributed by atoms with Gasteiger partial charge in [-0.05, 0) is 13.3 Å². The summed E-state index contributed by atoms with van der Waals surface area (Å²) in [6.45, 7) is 4.34. The Balaban J connectivity index is 2.03. The lowest BCUT2D eigenvalue weighted by molar-refractivity contribution is 0.0332. The lowest BCUT2D eigenvalue weighted by Crippen LogP contribution is -2.39. The highest BCUT2D eigenvalue weighted by molar-refractivity contribution is 5.73. The smallest absolute Gasteiger partial charge is 0.282 e. The predicted molar refractivity (Wildman–Crippen MR) is 44.9 cm³/mol. The fourth-order valence-electron chi connectivity index (χ4n) is 1.77. The van der Waals surface area contributed by atoms with Gasteiger partial charge in [0.05, 0.1) is 13.2 Å². The van der Waals surface area contributed by atoms with Crippen LogP contribution in [0.3, 0.4) is 0 Å². The molecule has 0 aromatic rings. The Kier molecular flexibility index (Phi) is 1.72. The van der Waals surface area contributed by atoms with Gasteiger partial charge in [0.1, 0.15) is 5.60 Å². The summed E-state index contributed by atoms with van der Waals surface area (Å²) in [6.07, 6.45) is 1.05. The minimum absolute atomic E-state index is 0.208. The van der Waals surface area contributed by atoms with E-state index in [0.717, 1.165) is 19.6 Å². The molecule has 1 fully saturated rings. The molecule has 0 amide bonds. The molecule has 12 heavy (non-hydrogen) atoms. The van der Waals surface area contributed by atoms with Crippen molar-refractivity contribution in [1.82, 2.24) is 0 Å². The van der Waals surface area contributed by atoms with Gasteiger partial charge in [-0.3, -0.25) is 0 Å². The molecule has 0 saturated carbocycles. The molecule has 2 atom stereocenters. The van der Waals surface area contributed by atoms with Crippen LogP contribution in [-0.2, 0) is 9.47 Å². The maximum Gasteiger partial charge on any atom is 0.282 e. The third-order valence-electron chi connectivity index (χ3n) is 2.68. The lowest BCUT2D eigenvalue weighted by atomic mass is 9.89. The average Bonchev–Trinajstić information content (AvgIpc) is 2.59. The van der Waals surface area contributed by atoms with Crippen LogP contribution in [0, 0.1) is 5.92 Å². The van der Waals surface area contributed by atoms with E-state index in [1.165, 1.54) is 0 Å². The van der Waals surface area contributed by atoms with Gasteiger partial charge in [-0.15, -0.1) is 0 Å². The summed E-state index contributed by atoms with van der Waals surface area (Å²) in [4.78, 5) is 4.05. The van der Waals surface area contributed by atoms with Crippen molar-refractivity contribution in [2.75, 3.05) is 19.8 Å². The molecule has 0 aromatic carbocycles. The second-order valence-corrected chi connectivity index (χ2v) is 3.63. The van der Waals surface area contributed by atoms with Crippen LogP contribution < -0.4 is 5.73 Å². The van der Waals surface area contributed by atoms with Gasteiger partial charge in [0.25, 0.3) is 6.02 Å². The Bertz CT molecular complexity index is 211. The minimum atomic E-state index is -0.208. The van der Waals surface area contributed by atoms with E-state index in [2.05, 4.69) is 11.9 Å². The fourth-order valence-corrected chi connectivity index (χ4v) is 1.77. The van der Waals surface area contributed by atoms with Crippen molar-refractivity contribution in [1.29, 1.82) is 0 Å². The number of hydrogen-bond donors (Lipinski definition) is 1. The van der Waals surface area contributed by atoms with E-state index in [-0.39, 0.29) is 5.60 Å². The summed E-state index contributed by atoms with van der Waals surface area (Å²) in [5.41, 5.74) is 5.26. The van der Waals surface area contributed by atoms with E-state index in [9.17, 15) is 0 Å². The monoisotopic (exact) mass is 170 g/mol. The Labute approximate surface area is 71.7 Å². The SMILES string of the molecule is CC1(C2CCOC2)CN=C(N)O1. The first kappa shape index (κ1) is 7.86. The van der Waals surface area contributed by atoms with Gasteiger partial charge in [-0.25, -0.2) is 4.99 Å². The van der Waals surface area contributed by atoms with Crippen molar-refractivity contribution in [3.05, 3.63) is 0 Å². The number of nitrogens with zero attached hydrogens (tertiary/aromatic N) is 1. The molecule has 4 heteroatoms. The zero-order valence-corrected chi connectivity index (χ0v) is 7.25. The molecule has 2 heterocycles. The number of aliphatic imine (C=N–C) groups is 1. The van der Waals surface area contributed by atoms with Crippen molar-refractivity contribution < 1.29 is 9.47 Å². The molecule has 1 saturated heterocycles. The van der Waals surface area contributed by atoms with Crippen molar-refractivity contribution in [2.24, 2.45) is 16.6 Å². The minimum Gasteiger partial charge on any atom is -0.457 e. The number of ether oxygens (including phenoxy) is 2. The van der Waals surface area contributed by atoms with Gasteiger partial charge in [0.2, 0.25) is 0 Å². The standard InChI is InChI=1S/C8H14N2O2/c1-8(5-10-7(9)12-8)6-2-3-11-4-6/h6H,2-5H2,1H3,(H2,9,10). The Morgan fingerprint density at radius 1 is 1.67 bits per heavy atom. The van der Waals surface area contributed by atoms with Crippen LogP contribution in [-0.4, -0.2) is 31.4 Å². The molecule has 0 bridgehead atoms. The number of amidine groups is 1. The summed E-state index contributed by atoms with van der Waals surface area (Å²) >= 11 is 0. The van der Waals surface area contributed by atoms with Gasteiger partial charge in [0, 0.05) is 12.5 Å². The Hall–Kier alpha value is -0.770. The molecule has 2 aliphatic rings. The zero-order chi connectivity index (χ0) is 8.60. The van der Waals surface area contributed by atoms with Gasteiger partial charge < -0.3 is 15.2 Å². The topological polar surface area (TPSA) is 56.8 Å². The van der Waals surface area contributed by atoms with Crippen LogP contribution in [0.2, 0.25) is 0 Å². The second kappa shape index (κ2) is 2.62. The van der Waals surface area contributed by atoms with Crippen LogP contribution in [0.1, 0.15) is 13.3 Å². The maximum atomic E-state index is 5.48.